The van der Waals surface area contributed by atoms with Crippen molar-refractivity contribution in [2.45, 2.75) is 32.7 Å². The maximum Gasteiger partial charge on any atom is 0.239 e. The van der Waals surface area contributed by atoms with E-state index in [1.807, 2.05) is 38.1 Å². The predicted molar refractivity (Wildman–Crippen MR) is 85.2 cm³/mol. The smallest absolute Gasteiger partial charge is 0.239 e. The minimum absolute atomic E-state index is 0.0174. The summed E-state index contributed by atoms with van der Waals surface area (Å²) in [6.45, 7) is 4.23. The molecule has 0 bridgehead atoms. The number of carbonyl (C=O) groups is 2. The highest BCUT2D eigenvalue weighted by Gasteiger charge is 2.06. The zero-order valence-electron chi connectivity index (χ0n) is 12.3. The third-order valence-electron chi connectivity index (χ3n) is 2.51. The summed E-state index contributed by atoms with van der Waals surface area (Å²) in [5.74, 6) is 0.441. The molecule has 0 aliphatic carbocycles. The van der Waals surface area contributed by atoms with Gasteiger partial charge in [0.15, 0.2) is 0 Å². The van der Waals surface area contributed by atoms with Gasteiger partial charge in [-0.15, -0.1) is 0 Å². The highest BCUT2D eigenvalue weighted by atomic mass is 79.9. The maximum absolute atomic E-state index is 11.5. The van der Waals surface area contributed by atoms with Crippen LogP contribution in [0.5, 0.6) is 5.75 Å². The number of benzene rings is 1. The second-order valence-electron chi connectivity index (χ2n) is 4.91. The van der Waals surface area contributed by atoms with Gasteiger partial charge in [0.25, 0.3) is 0 Å². The number of hydrogen-bond acceptors (Lipinski definition) is 3. The van der Waals surface area contributed by atoms with Gasteiger partial charge in [-0.2, -0.15) is 0 Å². The van der Waals surface area contributed by atoms with Crippen molar-refractivity contribution in [3.05, 3.63) is 28.7 Å². The van der Waals surface area contributed by atoms with Crippen molar-refractivity contribution in [1.29, 1.82) is 0 Å². The van der Waals surface area contributed by atoms with Crippen molar-refractivity contribution in [3.63, 3.8) is 0 Å². The fourth-order valence-corrected chi connectivity index (χ4v) is 2.00. The van der Waals surface area contributed by atoms with Crippen molar-refractivity contribution >= 4 is 27.7 Å². The molecule has 0 aliphatic heterocycles. The highest BCUT2D eigenvalue weighted by molar-refractivity contribution is 9.10. The summed E-state index contributed by atoms with van der Waals surface area (Å²) in [4.78, 5) is 22.9. The third-order valence-corrected chi connectivity index (χ3v) is 3.00. The van der Waals surface area contributed by atoms with Gasteiger partial charge in [0.2, 0.25) is 11.8 Å². The molecule has 2 N–H and O–H groups in total. The van der Waals surface area contributed by atoms with Gasteiger partial charge in [-0.3, -0.25) is 9.59 Å². The second-order valence-corrected chi connectivity index (χ2v) is 5.82. The van der Waals surface area contributed by atoms with Gasteiger partial charge >= 0.3 is 0 Å². The molecule has 5 nitrogen and oxygen atoms in total. The van der Waals surface area contributed by atoms with E-state index in [1.54, 1.807) is 0 Å². The average Bonchev–Trinajstić information content (AvgIpc) is 2.41. The van der Waals surface area contributed by atoms with E-state index in [-0.39, 0.29) is 24.4 Å². The van der Waals surface area contributed by atoms with Crippen LogP contribution in [-0.2, 0) is 9.59 Å². The molecule has 0 saturated carbocycles. The topological polar surface area (TPSA) is 67.4 Å². The minimum Gasteiger partial charge on any atom is -0.494 e. The number of hydrogen-bond donors (Lipinski definition) is 2. The van der Waals surface area contributed by atoms with Crippen LogP contribution in [0.25, 0.3) is 0 Å². The van der Waals surface area contributed by atoms with Crippen LogP contribution in [-0.4, -0.2) is 31.0 Å². The number of nitrogens with one attached hydrogen (secondary N) is 2. The molecule has 0 aromatic heterocycles. The van der Waals surface area contributed by atoms with E-state index < -0.39 is 0 Å². The molecule has 0 fully saturated rings. The minimum atomic E-state index is -0.177. The highest BCUT2D eigenvalue weighted by Crippen LogP contribution is 2.17. The van der Waals surface area contributed by atoms with Gasteiger partial charge in [-0.25, -0.2) is 0 Å². The standard InChI is InChI=1S/C15H21BrN2O3/c1-11(2)18-15(20)10-17-14(19)7-4-8-21-13-6-3-5-12(16)9-13/h3,5-6,9,11H,4,7-8,10H2,1-2H3,(H,17,19)(H,18,20). The summed E-state index contributed by atoms with van der Waals surface area (Å²) in [7, 11) is 0. The Bertz CT molecular complexity index is 478. The number of carbonyl (C=O) groups excluding carboxylic acids is 2. The Labute approximate surface area is 133 Å². The van der Waals surface area contributed by atoms with Crippen LogP contribution in [0.3, 0.4) is 0 Å². The van der Waals surface area contributed by atoms with E-state index in [0.29, 0.717) is 19.4 Å². The van der Waals surface area contributed by atoms with E-state index in [4.69, 9.17) is 4.74 Å². The van der Waals surface area contributed by atoms with Crippen LogP contribution in [0.1, 0.15) is 26.7 Å². The molecule has 0 unspecified atom stereocenters. The Morgan fingerprint density at radius 3 is 2.71 bits per heavy atom. The zero-order valence-corrected chi connectivity index (χ0v) is 13.9. The van der Waals surface area contributed by atoms with Crippen molar-refractivity contribution in [3.8, 4) is 5.75 Å². The van der Waals surface area contributed by atoms with Crippen LogP contribution in [0.15, 0.2) is 28.7 Å². The third kappa shape index (κ3) is 8.34. The average molecular weight is 357 g/mol. The largest absolute Gasteiger partial charge is 0.494 e. The number of halogens is 1. The lowest BCUT2D eigenvalue weighted by atomic mass is 10.3. The molecular formula is C15H21BrN2O3. The molecule has 0 aliphatic rings. The zero-order chi connectivity index (χ0) is 15.7. The summed E-state index contributed by atoms with van der Waals surface area (Å²) in [6.07, 6.45) is 0.938. The molecule has 0 saturated heterocycles. The fraction of sp³-hybridized carbons (Fsp3) is 0.467. The first-order valence-electron chi connectivity index (χ1n) is 6.92. The molecule has 0 radical (unpaired) electrons. The summed E-state index contributed by atoms with van der Waals surface area (Å²) >= 11 is 3.36. The van der Waals surface area contributed by atoms with Gasteiger partial charge in [0.1, 0.15) is 5.75 Å². The molecular weight excluding hydrogens is 336 g/mol. The van der Waals surface area contributed by atoms with Crippen molar-refractivity contribution in [2.75, 3.05) is 13.2 Å². The van der Waals surface area contributed by atoms with Crippen LogP contribution in [0.2, 0.25) is 0 Å². The quantitative estimate of drug-likeness (QED) is 0.702. The van der Waals surface area contributed by atoms with Crippen molar-refractivity contribution in [1.82, 2.24) is 10.6 Å². The predicted octanol–water partition coefficient (Wildman–Crippen LogP) is 2.25. The second kappa shape index (κ2) is 9.39. The summed E-state index contributed by atoms with van der Waals surface area (Å²) < 4.78 is 6.48. The van der Waals surface area contributed by atoms with E-state index in [0.717, 1.165) is 10.2 Å². The van der Waals surface area contributed by atoms with Crippen molar-refractivity contribution in [2.24, 2.45) is 0 Å². The lowest BCUT2D eigenvalue weighted by Crippen LogP contribution is -2.39. The first-order chi connectivity index (χ1) is 9.97. The molecule has 0 atom stereocenters. The molecule has 0 spiro atoms. The van der Waals surface area contributed by atoms with Crippen molar-refractivity contribution < 1.29 is 14.3 Å². The Morgan fingerprint density at radius 2 is 2.05 bits per heavy atom. The van der Waals surface area contributed by atoms with Gasteiger partial charge in [0, 0.05) is 16.9 Å². The van der Waals surface area contributed by atoms with E-state index in [1.165, 1.54) is 0 Å². The summed E-state index contributed by atoms with van der Waals surface area (Å²) in [6, 6.07) is 7.62. The number of rotatable bonds is 8. The van der Waals surface area contributed by atoms with Crippen LogP contribution in [0.4, 0.5) is 0 Å². The van der Waals surface area contributed by atoms with Gasteiger partial charge in [0.05, 0.1) is 13.2 Å². The molecule has 1 rings (SSSR count). The van der Waals surface area contributed by atoms with E-state index in [2.05, 4.69) is 26.6 Å². The molecule has 21 heavy (non-hydrogen) atoms. The summed E-state index contributed by atoms with van der Waals surface area (Å²) in [5.41, 5.74) is 0. The molecule has 0 heterocycles. The lowest BCUT2D eigenvalue weighted by molar-refractivity contribution is -0.126. The maximum atomic E-state index is 11.5. The number of amides is 2. The van der Waals surface area contributed by atoms with E-state index >= 15 is 0 Å². The Morgan fingerprint density at radius 1 is 1.29 bits per heavy atom. The first-order valence-corrected chi connectivity index (χ1v) is 7.71. The molecule has 2 amide bonds. The van der Waals surface area contributed by atoms with Crippen LogP contribution < -0.4 is 15.4 Å². The van der Waals surface area contributed by atoms with Gasteiger partial charge < -0.3 is 15.4 Å². The molecule has 1 aromatic carbocycles. The fourth-order valence-electron chi connectivity index (χ4n) is 1.62. The van der Waals surface area contributed by atoms with Crippen LogP contribution >= 0.6 is 15.9 Å². The van der Waals surface area contributed by atoms with Gasteiger partial charge in [-0.05, 0) is 38.5 Å². The normalized spacial score (nSPS) is 10.3. The Kier molecular flexibility index (Phi) is 7.82. The Balaban J connectivity index is 2.12. The summed E-state index contributed by atoms with van der Waals surface area (Å²) in [5, 5.41) is 5.29. The Hall–Kier alpha value is -1.56. The van der Waals surface area contributed by atoms with E-state index in [9.17, 15) is 9.59 Å². The van der Waals surface area contributed by atoms with Crippen LogP contribution in [0, 0.1) is 0 Å². The first kappa shape index (κ1) is 17.5. The molecule has 116 valence electrons. The monoisotopic (exact) mass is 356 g/mol. The van der Waals surface area contributed by atoms with Gasteiger partial charge in [-0.1, -0.05) is 22.0 Å². The number of ether oxygens (including phenoxy) is 1. The lowest BCUT2D eigenvalue weighted by Gasteiger charge is -2.09. The SMILES string of the molecule is CC(C)NC(=O)CNC(=O)CCCOc1cccc(Br)c1. The molecule has 6 heteroatoms. The molecule has 1 aromatic rings.